The molecule has 1 aromatic heterocycles. The molecule has 1 aliphatic rings. The molecular weight excluding hydrogens is 322 g/mol. The number of piperidine rings is 1. The van der Waals surface area contributed by atoms with Crippen molar-refractivity contribution in [2.24, 2.45) is 10.9 Å². The van der Waals surface area contributed by atoms with Crippen LogP contribution in [0.4, 0.5) is 5.69 Å². The van der Waals surface area contributed by atoms with Crippen LogP contribution in [0.2, 0.25) is 0 Å². The predicted molar refractivity (Wildman–Crippen MR) is 108 cm³/mol. The Morgan fingerprint density at radius 1 is 1.08 bits per heavy atom. The molecular formula is C21H29N5. The van der Waals surface area contributed by atoms with Gasteiger partial charge in [-0.05, 0) is 48.6 Å². The summed E-state index contributed by atoms with van der Waals surface area (Å²) in [6.07, 6.45) is 4.39. The van der Waals surface area contributed by atoms with E-state index < -0.39 is 0 Å². The third kappa shape index (κ3) is 5.22. The van der Waals surface area contributed by atoms with Crippen molar-refractivity contribution < 1.29 is 0 Å². The normalized spacial score (nSPS) is 15.8. The van der Waals surface area contributed by atoms with Gasteiger partial charge >= 0.3 is 0 Å². The zero-order valence-electron chi connectivity index (χ0n) is 15.8. The highest BCUT2D eigenvalue weighted by Gasteiger charge is 2.15. The van der Waals surface area contributed by atoms with Crippen LogP contribution in [0.1, 0.15) is 31.0 Å². The molecule has 0 saturated carbocycles. The Morgan fingerprint density at radius 3 is 2.46 bits per heavy atom. The van der Waals surface area contributed by atoms with E-state index in [0.717, 1.165) is 24.1 Å². The molecule has 3 rings (SSSR count). The minimum absolute atomic E-state index is 0.660. The number of guanidine groups is 1. The lowest BCUT2D eigenvalue weighted by Gasteiger charge is -2.32. The number of hydrogen-bond acceptors (Lipinski definition) is 3. The van der Waals surface area contributed by atoms with Gasteiger partial charge in [0.05, 0.1) is 12.2 Å². The standard InChI is InChI=1S/C21H29N5/c1-17-10-13-26(14-11-17)20-8-6-18(7-9-20)15-24-21(22-2)25-16-19-5-3-4-12-23-19/h3-9,12,17H,10-11,13-16H2,1-2H3,(H2,22,24,25). The molecule has 0 spiro atoms. The number of aromatic nitrogens is 1. The first-order valence-corrected chi connectivity index (χ1v) is 9.43. The number of anilines is 1. The Kier molecular flexibility index (Phi) is 6.47. The summed E-state index contributed by atoms with van der Waals surface area (Å²) in [7, 11) is 1.79. The molecule has 0 aliphatic carbocycles. The molecule has 1 aromatic carbocycles. The summed E-state index contributed by atoms with van der Waals surface area (Å²) >= 11 is 0. The monoisotopic (exact) mass is 351 g/mol. The average Bonchev–Trinajstić information content (AvgIpc) is 2.70. The van der Waals surface area contributed by atoms with Crippen LogP contribution < -0.4 is 15.5 Å². The Bertz CT molecular complexity index is 688. The SMILES string of the molecule is CN=C(NCc1ccc(N2CCC(C)CC2)cc1)NCc1ccccn1. The summed E-state index contributed by atoms with van der Waals surface area (Å²) in [6, 6.07) is 14.8. The Balaban J connectivity index is 1.47. The molecule has 1 aliphatic heterocycles. The quantitative estimate of drug-likeness (QED) is 0.642. The molecule has 2 heterocycles. The molecule has 5 heteroatoms. The van der Waals surface area contributed by atoms with E-state index in [1.165, 1.54) is 37.2 Å². The van der Waals surface area contributed by atoms with E-state index in [1.54, 1.807) is 13.2 Å². The fourth-order valence-corrected chi connectivity index (χ4v) is 3.17. The van der Waals surface area contributed by atoms with Gasteiger partial charge in [0, 0.05) is 38.6 Å². The van der Waals surface area contributed by atoms with E-state index in [2.05, 4.69) is 56.7 Å². The van der Waals surface area contributed by atoms with Crippen molar-refractivity contribution in [2.75, 3.05) is 25.0 Å². The van der Waals surface area contributed by atoms with Crippen LogP contribution in [0.5, 0.6) is 0 Å². The van der Waals surface area contributed by atoms with Gasteiger partial charge in [-0.3, -0.25) is 9.98 Å². The second kappa shape index (κ2) is 9.22. The molecule has 1 fully saturated rings. The van der Waals surface area contributed by atoms with Crippen LogP contribution in [0.15, 0.2) is 53.7 Å². The molecule has 26 heavy (non-hydrogen) atoms. The summed E-state index contributed by atoms with van der Waals surface area (Å²) in [5.41, 5.74) is 3.58. The second-order valence-electron chi connectivity index (χ2n) is 6.94. The van der Waals surface area contributed by atoms with Crippen molar-refractivity contribution in [1.29, 1.82) is 0 Å². The number of aliphatic imine (C=N–C) groups is 1. The first-order valence-electron chi connectivity index (χ1n) is 9.43. The van der Waals surface area contributed by atoms with E-state index in [1.807, 2.05) is 18.2 Å². The van der Waals surface area contributed by atoms with Crippen LogP contribution in [-0.4, -0.2) is 31.1 Å². The third-order valence-corrected chi connectivity index (χ3v) is 4.93. The van der Waals surface area contributed by atoms with Crippen molar-refractivity contribution in [1.82, 2.24) is 15.6 Å². The highest BCUT2D eigenvalue weighted by Crippen LogP contribution is 2.23. The minimum Gasteiger partial charge on any atom is -0.372 e. The molecule has 0 bridgehead atoms. The third-order valence-electron chi connectivity index (χ3n) is 4.93. The largest absolute Gasteiger partial charge is 0.372 e. The van der Waals surface area contributed by atoms with E-state index in [9.17, 15) is 0 Å². The molecule has 138 valence electrons. The summed E-state index contributed by atoms with van der Waals surface area (Å²) in [5, 5.41) is 6.65. The fourth-order valence-electron chi connectivity index (χ4n) is 3.17. The number of rotatable bonds is 5. The Morgan fingerprint density at radius 2 is 1.81 bits per heavy atom. The van der Waals surface area contributed by atoms with Crippen LogP contribution in [0.25, 0.3) is 0 Å². The molecule has 0 atom stereocenters. The smallest absolute Gasteiger partial charge is 0.191 e. The topological polar surface area (TPSA) is 52.6 Å². The van der Waals surface area contributed by atoms with Gasteiger partial charge in [-0.25, -0.2) is 0 Å². The molecule has 0 unspecified atom stereocenters. The lowest BCUT2D eigenvalue weighted by molar-refractivity contribution is 0.438. The number of nitrogens with zero attached hydrogens (tertiary/aromatic N) is 3. The molecule has 1 saturated heterocycles. The molecule has 0 radical (unpaired) electrons. The van der Waals surface area contributed by atoms with Gasteiger partial charge in [-0.2, -0.15) is 0 Å². The second-order valence-corrected chi connectivity index (χ2v) is 6.94. The maximum atomic E-state index is 4.31. The number of nitrogens with one attached hydrogen (secondary N) is 2. The van der Waals surface area contributed by atoms with E-state index >= 15 is 0 Å². The first kappa shape index (κ1) is 18.2. The Labute approximate surface area is 156 Å². The molecule has 5 nitrogen and oxygen atoms in total. The molecule has 2 aromatic rings. The number of benzene rings is 1. The number of pyridine rings is 1. The van der Waals surface area contributed by atoms with Gasteiger partial charge in [0.15, 0.2) is 5.96 Å². The van der Waals surface area contributed by atoms with Gasteiger partial charge in [0.2, 0.25) is 0 Å². The Hall–Kier alpha value is -2.56. The molecule has 2 N–H and O–H groups in total. The van der Waals surface area contributed by atoms with E-state index in [4.69, 9.17) is 0 Å². The zero-order chi connectivity index (χ0) is 18.2. The predicted octanol–water partition coefficient (Wildman–Crippen LogP) is 3.18. The highest BCUT2D eigenvalue weighted by atomic mass is 15.2. The van der Waals surface area contributed by atoms with E-state index in [-0.39, 0.29) is 0 Å². The van der Waals surface area contributed by atoms with Crippen LogP contribution >= 0.6 is 0 Å². The summed E-state index contributed by atoms with van der Waals surface area (Å²) in [5.74, 6) is 1.64. The van der Waals surface area contributed by atoms with E-state index in [0.29, 0.717) is 6.54 Å². The van der Waals surface area contributed by atoms with Gasteiger partial charge in [-0.1, -0.05) is 25.1 Å². The fraction of sp³-hybridized carbons (Fsp3) is 0.429. The maximum absolute atomic E-state index is 4.31. The van der Waals surface area contributed by atoms with Crippen molar-refractivity contribution in [3.8, 4) is 0 Å². The van der Waals surface area contributed by atoms with Crippen LogP contribution in [-0.2, 0) is 13.1 Å². The van der Waals surface area contributed by atoms with Gasteiger partial charge < -0.3 is 15.5 Å². The van der Waals surface area contributed by atoms with Crippen molar-refractivity contribution in [3.05, 3.63) is 59.9 Å². The molecule has 0 amide bonds. The maximum Gasteiger partial charge on any atom is 0.191 e. The summed E-state index contributed by atoms with van der Waals surface area (Å²) < 4.78 is 0. The van der Waals surface area contributed by atoms with Crippen molar-refractivity contribution in [3.63, 3.8) is 0 Å². The summed E-state index contributed by atoms with van der Waals surface area (Å²) in [6.45, 7) is 6.10. The van der Waals surface area contributed by atoms with Crippen molar-refractivity contribution in [2.45, 2.75) is 32.9 Å². The van der Waals surface area contributed by atoms with Gasteiger partial charge in [0.1, 0.15) is 0 Å². The first-order chi connectivity index (χ1) is 12.7. The minimum atomic E-state index is 0.660. The lowest BCUT2D eigenvalue weighted by atomic mass is 9.99. The zero-order valence-corrected chi connectivity index (χ0v) is 15.8. The lowest BCUT2D eigenvalue weighted by Crippen LogP contribution is -2.36. The van der Waals surface area contributed by atoms with Gasteiger partial charge in [-0.15, -0.1) is 0 Å². The van der Waals surface area contributed by atoms with Crippen LogP contribution in [0, 0.1) is 5.92 Å². The van der Waals surface area contributed by atoms with Crippen molar-refractivity contribution >= 4 is 11.6 Å². The van der Waals surface area contributed by atoms with Crippen LogP contribution in [0.3, 0.4) is 0 Å². The number of hydrogen-bond donors (Lipinski definition) is 2. The highest BCUT2D eigenvalue weighted by molar-refractivity contribution is 5.79. The van der Waals surface area contributed by atoms with Gasteiger partial charge in [0.25, 0.3) is 0 Å². The summed E-state index contributed by atoms with van der Waals surface area (Å²) in [4.78, 5) is 11.1. The average molecular weight is 351 g/mol.